The normalized spacial score (nSPS) is 16.4. The van der Waals surface area contributed by atoms with Crippen LogP contribution in [0.4, 0.5) is 13.6 Å². The molecule has 1 aliphatic rings. The molecular weight excluding hydrogens is 512 g/mol. The zero-order valence-electron chi connectivity index (χ0n) is 23.9. The lowest BCUT2D eigenvalue weighted by Gasteiger charge is -2.31. The molecule has 1 N–H and O–H groups in total. The van der Waals surface area contributed by atoms with Gasteiger partial charge in [0.15, 0.2) is 0 Å². The van der Waals surface area contributed by atoms with E-state index in [4.69, 9.17) is 16.3 Å². The zero-order valence-corrected chi connectivity index (χ0v) is 24.6. The standard InChI is InChI=1S/C27H38ClF2N3O3.C2H6/c1-6-8-19(32(5)25(35)36-26(2,3)4)16-33-17-20(23-21(28)9-7-10-22(23)33)24(34)31-15-18-11-13-27(29,30)14-12-18;1-2/h7,9-10,17-19H,6,8,11-16H2,1-5H3,(H,31,34);1-2H3. The summed E-state index contributed by atoms with van der Waals surface area (Å²) in [7, 11) is 1.73. The van der Waals surface area contributed by atoms with Crippen LogP contribution in [0.5, 0.6) is 0 Å². The fourth-order valence-corrected chi connectivity index (χ4v) is 4.99. The van der Waals surface area contributed by atoms with Gasteiger partial charge in [0.25, 0.3) is 5.91 Å². The Morgan fingerprint density at radius 1 is 1.24 bits per heavy atom. The fourth-order valence-electron chi connectivity index (χ4n) is 4.72. The first-order valence-electron chi connectivity index (χ1n) is 13.7. The number of benzene rings is 1. The zero-order chi connectivity index (χ0) is 28.7. The maximum Gasteiger partial charge on any atom is 0.410 e. The first-order chi connectivity index (χ1) is 17.8. The van der Waals surface area contributed by atoms with E-state index in [1.54, 1.807) is 24.2 Å². The van der Waals surface area contributed by atoms with Crippen molar-refractivity contribution in [1.82, 2.24) is 14.8 Å². The summed E-state index contributed by atoms with van der Waals surface area (Å²) in [5.74, 6) is -2.84. The number of rotatable bonds is 8. The van der Waals surface area contributed by atoms with Crippen molar-refractivity contribution in [2.45, 2.75) is 104 Å². The maximum absolute atomic E-state index is 13.5. The van der Waals surface area contributed by atoms with Crippen molar-refractivity contribution in [2.24, 2.45) is 5.92 Å². The number of nitrogens with zero attached hydrogens (tertiary/aromatic N) is 2. The molecule has 0 radical (unpaired) electrons. The van der Waals surface area contributed by atoms with Gasteiger partial charge in [0, 0.05) is 44.6 Å². The molecule has 1 aliphatic carbocycles. The summed E-state index contributed by atoms with van der Waals surface area (Å²) in [6, 6.07) is 5.32. The molecule has 1 saturated carbocycles. The molecule has 2 amide bonds. The third kappa shape index (κ3) is 8.58. The molecule has 1 unspecified atom stereocenters. The van der Waals surface area contributed by atoms with Crippen molar-refractivity contribution in [3.05, 3.63) is 35.0 Å². The molecule has 0 aliphatic heterocycles. The number of likely N-dealkylation sites (N-methyl/N-ethyl adjacent to an activating group) is 1. The van der Waals surface area contributed by atoms with Crippen LogP contribution >= 0.6 is 11.6 Å². The summed E-state index contributed by atoms with van der Waals surface area (Å²) in [5.41, 5.74) is 0.630. The van der Waals surface area contributed by atoms with Gasteiger partial charge < -0.3 is 19.5 Å². The number of amides is 2. The number of fused-ring (bicyclic) bond motifs is 1. The van der Waals surface area contributed by atoms with E-state index in [1.165, 1.54) is 0 Å². The summed E-state index contributed by atoms with van der Waals surface area (Å²) >= 11 is 6.52. The van der Waals surface area contributed by atoms with Crippen LogP contribution < -0.4 is 5.32 Å². The van der Waals surface area contributed by atoms with Gasteiger partial charge >= 0.3 is 6.09 Å². The van der Waals surface area contributed by atoms with Gasteiger partial charge in [0.05, 0.1) is 22.1 Å². The Balaban J connectivity index is 0.00000247. The summed E-state index contributed by atoms with van der Waals surface area (Å²) in [5, 5.41) is 4.03. The predicted molar refractivity (Wildman–Crippen MR) is 150 cm³/mol. The molecule has 1 aromatic heterocycles. The van der Waals surface area contributed by atoms with Crippen molar-refractivity contribution in [3.63, 3.8) is 0 Å². The van der Waals surface area contributed by atoms with Gasteiger partial charge in [-0.3, -0.25) is 4.79 Å². The number of ether oxygens (including phenoxy) is 1. The quantitative estimate of drug-likeness (QED) is 0.360. The third-order valence-corrected chi connectivity index (χ3v) is 7.06. The fraction of sp³-hybridized carbons (Fsp3) is 0.655. The van der Waals surface area contributed by atoms with E-state index in [9.17, 15) is 18.4 Å². The number of alkyl halides is 2. The molecule has 2 aromatic rings. The van der Waals surface area contributed by atoms with Gasteiger partial charge in [0.1, 0.15) is 5.60 Å². The number of hydrogen-bond donors (Lipinski definition) is 1. The van der Waals surface area contributed by atoms with Gasteiger partial charge in [-0.25, -0.2) is 13.6 Å². The topological polar surface area (TPSA) is 63.6 Å². The second kappa shape index (κ2) is 13.6. The molecule has 1 heterocycles. The highest BCUT2D eigenvalue weighted by atomic mass is 35.5. The second-order valence-corrected chi connectivity index (χ2v) is 11.3. The Morgan fingerprint density at radius 3 is 2.45 bits per heavy atom. The first-order valence-corrected chi connectivity index (χ1v) is 14.1. The Kier molecular flexibility index (Phi) is 11.4. The number of carbonyl (C=O) groups is 2. The number of hydrogen-bond acceptors (Lipinski definition) is 3. The van der Waals surface area contributed by atoms with Crippen LogP contribution in [0, 0.1) is 5.92 Å². The molecule has 38 heavy (non-hydrogen) atoms. The summed E-state index contributed by atoms with van der Waals surface area (Å²) in [6.45, 7) is 12.4. The minimum absolute atomic E-state index is 0.0359. The van der Waals surface area contributed by atoms with Crippen LogP contribution in [0.3, 0.4) is 0 Å². The molecule has 0 saturated heterocycles. The van der Waals surface area contributed by atoms with E-state index in [2.05, 4.69) is 12.2 Å². The molecule has 6 nitrogen and oxygen atoms in total. The molecule has 1 aromatic carbocycles. The van der Waals surface area contributed by atoms with Crippen molar-refractivity contribution in [3.8, 4) is 0 Å². The lowest BCUT2D eigenvalue weighted by Crippen LogP contribution is -2.42. The summed E-state index contributed by atoms with van der Waals surface area (Å²) in [4.78, 5) is 27.5. The minimum atomic E-state index is -2.59. The molecule has 1 atom stereocenters. The summed E-state index contributed by atoms with van der Waals surface area (Å²) < 4.78 is 34.5. The molecule has 214 valence electrons. The van der Waals surface area contributed by atoms with Crippen molar-refractivity contribution < 1.29 is 23.1 Å². The monoisotopic (exact) mass is 555 g/mol. The van der Waals surface area contributed by atoms with Crippen molar-refractivity contribution >= 4 is 34.5 Å². The highest BCUT2D eigenvalue weighted by Crippen LogP contribution is 2.36. The van der Waals surface area contributed by atoms with Crippen LogP contribution in [-0.4, -0.2) is 52.6 Å². The lowest BCUT2D eigenvalue weighted by atomic mass is 9.87. The van der Waals surface area contributed by atoms with Gasteiger partial charge in [-0.1, -0.05) is 44.9 Å². The molecule has 0 spiro atoms. The second-order valence-electron chi connectivity index (χ2n) is 10.9. The van der Waals surface area contributed by atoms with E-state index in [0.29, 0.717) is 41.9 Å². The van der Waals surface area contributed by atoms with Gasteiger partial charge in [-0.2, -0.15) is 0 Å². The van der Waals surface area contributed by atoms with Crippen LogP contribution in [0.15, 0.2) is 24.4 Å². The van der Waals surface area contributed by atoms with E-state index >= 15 is 0 Å². The maximum atomic E-state index is 13.5. The predicted octanol–water partition coefficient (Wildman–Crippen LogP) is 7.91. The highest BCUT2D eigenvalue weighted by Gasteiger charge is 2.35. The summed E-state index contributed by atoms with van der Waals surface area (Å²) in [6.07, 6.45) is 3.51. The van der Waals surface area contributed by atoms with Crippen molar-refractivity contribution in [1.29, 1.82) is 0 Å². The van der Waals surface area contributed by atoms with E-state index in [1.807, 2.05) is 51.3 Å². The lowest BCUT2D eigenvalue weighted by molar-refractivity contribution is -0.0452. The van der Waals surface area contributed by atoms with Gasteiger partial charge in [-0.05, 0) is 58.1 Å². The molecule has 3 rings (SSSR count). The smallest absolute Gasteiger partial charge is 0.410 e. The molecule has 1 fully saturated rings. The Labute approximate surface area is 231 Å². The number of halogens is 3. The largest absolute Gasteiger partial charge is 0.444 e. The van der Waals surface area contributed by atoms with Crippen LogP contribution in [0.1, 0.15) is 90.4 Å². The van der Waals surface area contributed by atoms with Gasteiger partial charge in [-0.15, -0.1) is 0 Å². The Hall–Kier alpha value is -2.35. The highest BCUT2D eigenvalue weighted by molar-refractivity contribution is 6.36. The SMILES string of the molecule is CC.CCCC(Cn1cc(C(=O)NCC2CCC(F)(F)CC2)c2c(Cl)cccc21)N(C)C(=O)OC(C)(C)C. The van der Waals surface area contributed by atoms with Crippen LogP contribution in [0.25, 0.3) is 10.9 Å². The van der Waals surface area contributed by atoms with E-state index in [0.717, 1.165) is 18.4 Å². The van der Waals surface area contributed by atoms with Crippen molar-refractivity contribution in [2.75, 3.05) is 13.6 Å². The Morgan fingerprint density at radius 2 is 1.87 bits per heavy atom. The average molecular weight is 556 g/mol. The van der Waals surface area contributed by atoms with E-state index in [-0.39, 0.29) is 30.7 Å². The number of aromatic nitrogens is 1. The third-order valence-electron chi connectivity index (χ3n) is 6.75. The number of carbonyl (C=O) groups excluding carboxylic acids is 2. The minimum Gasteiger partial charge on any atom is -0.444 e. The van der Waals surface area contributed by atoms with Crippen LogP contribution in [0.2, 0.25) is 5.02 Å². The van der Waals surface area contributed by atoms with E-state index < -0.39 is 17.6 Å². The van der Waals surface area contributed by atoms with Crippen LogP contribution in [-0.2, 0) is 11.3 Å². The van der Waals surface area contributed by atoms with Gasteiger partial charge in [0.2, 0.25) is 5.92 Å². The first kappa shape index (κ1) is 31.9. The average Bonchev–Trinajstić information content (AvgIpc) is 3.22. The number of nitrogens with one attached hydrogen (secondary N) is 1. The molecule has 0 bridgehead atoms. The molecular formula is C29H44ClF2N3O3. The molecule has 9 heteroatoms. The Bertz CT molecular complexity index is 1070.